The molecule has 2 aliphatic heterocycles. The van der Waals surface area contributed by atoms with E-state index in [4.69, 9.17) is 0 Å². The van der Waals surface area contributed by atoms with Crippen molar-refractivity contribution in [3.05, 3.63) is 12.3 Å². The van der Waals surface area contributed by atoms with Crippen LogP contribution in [0.3, 0.4) is 0 Å². The minimum Gasteiger partial charge on any atom is -0.375 e. The maximum absolute atomic E-state index is 2.67. The molecule has 2 rings (SSSR count). The highest BCUT2D eigenvalue weighted by Crippen LogP contribution is 2.54. The Kier molecular flexibility index (Phi) is 6.04. The van der Waals surface area contributed by atoms with Gasteiger partial charge in [-0.05, 0) is 95.8 Å². The number of likely N-dealkylation sites (tertiary alicyclic amines) is 1. The Morgan fingerprint density at radius 2 is 1.36 bits per heavy atom. The van der Waals surface area contributed by atoms with Gasteiger partial charge in [-0.2, -0.15) is 0 Å². The largest absolute Gasteiger partial charge is 0.375 e. The van der Waals surface area contributed by atoms with Gasteiger partial charge in [-0.3, -0.25) is 4.90 Å². The summed E-state index contributed by atoms with van der Waals surface area (Å²) < 4.78 is 0. The van der Waals surface area contributed by atoms with Crippen LogP contribution in [0, 0.1) is 22.7 Å². The first kappa shape index (κ1) is 20.8. The maximum Gasteiger partial charge on any atom is 0.0227 e. The van der Waals surface area contributed by atoms with E-state index in [1.54, 1.807) is 0 Å². The van der Waals surface area contributed by atoms with Gasteiger partial charge < -0.3 is 4.90 Å². The molecule has 0 aromatic heterocycles. The first-order valence-corrected chi connectivity index (χ1v) is 10.6. The Morgan fingerprint density at radius 1 is 0.800 bits per heavy atom. The number of nitrogens with zero attached hydrogens (tertiary/aromatic N) is 2. The molecule has 0 N–H and O–H groups in total. The molecule has 0 bridgehead atoms. The monoisotopic (exact) mass is 348 g/mol. The van der Waals surface area contributed by atoms with Crippen molar-refractivity contribution in [2.24, 2.45) is 22.7 Å². The molecule has 2 nitrogen and oxygen atoms in total. The summed E-state index contributed by atoms with van der Waals surface area (Å²) in [7, 11) is 0. The van der Waals surface area contributed by atoms with Gasteiger partial charge in [0.25, 0.3) is 0 Å². The lowest BCUT2D eigenvalue weighted by atomic mass is 9.53. The molecule has 2 heterocycles. The minimum absolute atomic E-state index is 0.317. The Bertz CT molecular complexity index is 459. The van der Waals surface area contributed by atoms with Crippen LogP contribution in [0.25, 0.3) is 0 Å². The van der Waals surface area contributed by atoms with Gasteiger partial charge in [0.05, 0.1) is 0 Å². The van der Waals surface area contributed by atoms with Crippen molar-refractivity contribution < 1.29 is 0 Å². The van der Waals surface area contributed by atoms with Gasteiger partial charge in [-0.25, -0.2) is 0 Å². The molecule has 2 aliphatic rings. The highest BCUT2D eigenvalue weighted by molar-refractivity contribution is 5.06. The van der Waals surface area contributed by atoms with Crippen LogP contribution in [0.15, 0.2) is 12.3 Å². The number of piperidine rings is 1. The zero-order valence-electron chi connectivity index (χ0n) is 18.5. The molecule has 0 spiro atoms. The lowest BCUT2D eigenvalue weighted by molar-refractivity contribution is -0.0403. The summed E-state index contributed by atoms with van der Waals surface area (Å²) in [6, 6.07) is 0.620. The van der Waals surface area contributed by atoms with Gasteiger partial charge in [-0.1, -0.05) is 33.8 Å². The van der Waals surface area contributed by atoms with Gasteiger partial charge >= 0.3 is 0 Å². The van der Waals surface area contributed by atoms with Gasteiger partial charge in [0.1, 0.15) is 0 Å². The average molecular weight is 349 g/mol. The molecule has 0 aromatic rings. The summed E-state index contributed by atoms with van der Waals surface area (Å²) >= 11 is 0. The molecule has 0 aromatic carbocycles. The van der Waals surface area contributed by atoms with Crippen molar-refractivity contribution in [1.82, 2.24) is 9.80 Å². The summed E-state index contributed by atoms with van der Waals surface area (Å²) in [5, 5.41) is 0. The van der Waals surface area contributed by atoms with Gasteiger partial charge in [-0.15, -0.1) is 0 Å². The third-order valence-corrected chi connectivity index (χ3v) is 7.92. The molecule has 1 fully saturated rings. The standard InChI is InChI=1S/C23H44N2/c1-18(2)24-14-10-19(11-15-24)22(6,7)23(8,9)20-12-16-25(17-13-20)21(3,4)5/h10,14,18-20H,11-13,15-17H2,1-9H3. The second-order valence-electron chi connectivity index (χ2n) is 10.9. The van der Waals surface area contributed by atoms with Gasteiger partial charge in [0, 0.05) is 18.1 Å². The van der Waals surface area contributed by atoms with E-state index in [9.17, 15) is 0 Å². The third kappa shape index (κ3) is 4.26. The van der Waals surface area contributed by atoms with Crippen molar-refractivity contribution in [2.75, 3.05) is 19.6 Å². The summed E-state index contributed by atoms with van der Waals surface area (Å²) in [6.07, 6.45) is 8.88. The summed E-state index contributed by atoms with van der Waals surface area (Å²) in [5.41, 5.74) is 1.02. The highest BCUT2D eigenvalue weighted by Gasteiger charge is 2.48. The van der Waals surface area contributed by atoms with Crippen LogP contribution in [0.4, 0.5) is 0 Å². The van der Waals surface area contributed by atoms with Crippen LogP contribution in [-0.4, -0.2) is 41.0 Å². The second kappa shape index (κ2) is 7.25. The Morgan fingerprint density at radius 3 is 1.76 bits per heavy atom. The molecule has 25 heavy (non-hydrogen) atoms. The van der Waals surface area contributed by atoms with Gasteiger partial charge in [0.2, 0.25) is 0 Å². The van der Waals surface area contributed by atoms with Crippen LogP contribution in [0.5, 0.6) is 0 Å². The topological polar surface area (TPSA) is 6.48 Å². The van der Waals surface area contributed by atoms with Crippen molar-refractivity contribution in [1.29, 1.82) is 0 Å². The maximum atomic E-state index is 2.67. The fraction of sp³-hybridized carbons (Fsp3) is 0.913. The molecular weight excluding hydrogens is 304 g/mol. The Labute approximate surface area is 158 Å². The molecule has 0 aliphatic carbocycles. The second-order valence-corrected chi connectivity index (χ2v) is 10.9. The van der Waals surface area contributed by atoms with E-state index in [0.29, 0.717) is 28.3 Å². The molecule has 0 saturated carbocycles. The van der Waals surface area contributed by atoms with Crippen LogP contribution in [0.2, 0.25) is 0 Å². The van der Waals surface area contributed by atoms with Crippen LogP contribution in [0.1, 0.15) is 81.6 Å². The Hall–Kier alpha value is -0.500. The van der Waals surface area contributed by atoms with Crippen LogP contribution >= 0.6 is 0 Å². The number of hydrogen-bond donors (Lipinski definition) is 0. The quantitative estimate of drug-likeness (QED) is 0.634. The molecule has 1 saturated heterocycles. The highest BCUT2D eigenvalue weighted by atomic mass is 15.2. The van der Waals surface area contributed by atoms with Crippen molar-refractivity contribution in [3.63, 3.8) is 0 Å². The summed E-state index contributed by atoms with van der Waals surface area (Å²) in [5.74, 6) is 1.52. The molecule has 1 unspecified atom stereocenters. The zero-order valence-corrected chi connectivity index (χ0v) is 18.5. The first-order chi connectivity index (χ1) is 11.4. The molecule has 0 amide bonds. The molecule has 1 atom stereocenters. The lowest BCUT2D eigenvalue weighted by Crippen LogP contribution is -2.52. The van der Waals surface area contributed by atoms with E-state index in [1.807, 2.05) is 0 Å². The van der Waals surface area contributed by atoms with E-state index < -0.39 is 0 Å². The molecule has 0 radical (unpaired) electrons. The average Bonchev–Trinajstić information content (AvgIpc) is 2.54. The van der Waals surface area contributed by atoms with Crippen LogP contribution in [-0.2, 0) is 0 Å². The summed E-state index contributed by atoms with van der Waals surface area (Å²) in [6.45, 7) is 25.5. The smallest absolute Gasteiger partial charge is 0.0227 e. The normalized spacial score (nSPS) is 25.0. The first-order valence-electron chi connectivity index (χ1n) is 10.6. The Balaban J connectivity index is 2.07. The van der Waals surface area contributed by atoms with Crippen molar-refractivity contribution in [2.45, 2.75) is 93.2 Å². The predicted molar refractivity (Wildman–Crippen MR) is 111 cm³/mol. The molecule has 146 valence electrons. The van der Waals surface area contributed by atoms with Gasteiger partial charge in [0.15, 0.2) is 0 Å². The van der Waals surface area contributed by atoms with Crippen LogP contribution < -0.4 is 0 Å². The lowest BCUT2D eigenvalue weighted by Gasteiger charge is -2.54. The van der Waals surface area contributed by atoms with E-state index in [2.05, 4.69) is 84.4 Å². The van der Waals surface area contributed by atoms with E-state index in [-0.39, 0.29) is 0 Å². The molecular formula is C23H44N2. The number of allylic oxidation sites excluding steroid dienone is 1. The predicted octanol–water partition coefficient (Wildman–Crippen LogP) is 5.79. The number of hydrogen-bond acceptors (Lipinski definition) is 2. The minimum atomic E-state index is 0.317. The fourth-order valence-corrected chi connectivity index (χ4v) is 4.98. The SMILES string of the molecule is CC(C)N1C=CC(C(C)(C)C(C)(C)C2CCN(C(C)(C)C)CC2)CC1. The van der Waals surface area contributed by atoms with Crippen molar-refractivity contribution >= 4 is 0 Å². The van der Waals surface area contributed by atoms with Crippen molar-refractivity contribution in [3.8, 4) is 0 Å². The summed E-state index contributed by atoms with van der Waals surface area (Å²) in [4.78, 5) is 5.16. The number of rotatable bonds is 4. The fourth-order valence-electron chi connectivity index (χ4n) is 4.98. The zero-order chi connectivity index (χ0) is 19.0. The van der Waals surface area contributed by atoms with E-state index >= 15 is 0 Å². The third-order valence-electron chi connectivity index (χ3n) is 7.92. The molecule has 2 heteroatoms. The van der Waals surface area contributed by atoms with E-state index in [0.717, 1.165) is 5.92 Å². The van der Waals surface area contributed by atoms with E-state index in [1.165, 1.54) is 38.9 Å².